The smallest absolute Gasteiger partial charge is 0.276 e. The number of fused-ring (bicyclic) bond motifs is 1. The molecule has 8 nitrogen and oxygen atoms in total. The molecular formula is C19H22FN3O5. The second-order valence-electron chi connectivity index (χ2n) is 6.91. The van der Waals surface area contributed by atoms with Crippen molar-refractivity contribution < 1.29 is 28.3 Å². The van der Waals surface area contributed by atoms with Crippen LogP contribution in [-0.2, 0) is 19.2 Å². The molecule has 2 fully saturated rings. The Hall–Kier alpha value is -2.97. The van der Waals surface area contributed by atoms with E-state index in [0.717, 1.165) is 25.7 Å². The van der Waals surface area contributed by atoms with E-state index in [2.05, 4.69) is 10.9 Å². The van der Waals surface area contributed by atoms with Crippen molar-refractivity contribution in [2.45, 2.75) is 32.1 Å². The maximum absolute atomic E-state index is 12.8. The highest BCUT2D eigenvalue weighted by atomic mass is 19.1. The van der Waals surface area contributed by atoms with Gasteiger partial charge < -0.3 is 4.74 Å². The van der Waals surface area contributed by atoms with Crippen LogP contribution in [-0.4, -0.2) is 41.7 Å². The number of rotatable bonds is 6. The zero-order valence-corrected chi connectivity index (χ0v) is 15.3. The minimum Gasteiger partial charge on any atom is -0.484 e. The fraction of sp³-hybridized carbons (Fsp3) is 0.474. The molecule has 4 amide bonds. The summed E-state index contributed by atoms with van der Waals surface area (Å²) in [6, 6.07) is 5.16. The van der Waals surface area contributed by atoms with Crippen LogP contribution < -0.4 is 15.6 Å². The fourth-order valence-electron chi connectivity index (χ4n) is 3.58. The van der Waals surface area contributed by atoms with Crippen molar-refractivity contribution in [3.63, 3.8) is 0 Å². The van der Waals surface area contributed by atoms with Crippen LogP contribution in [0, 0.1) is 17.7 Å². The van der Waals surface area contributed by atoms with Crippen LogP contribution in [0.4, 0.5) is 4.39 Å². The van der Waals surface area contributed by atoms with Gasteiger partial charge in [0.25, 0.3) is 5.91 Å². The largest absolute Gasteiger partial charge is 0.484 e. The van der Waals surface area contributed by atoms with Crippen LogP contribution in [0.25, 0.3) is 0 Å². The van der Waals surface area contributed by atoms with Gasteiger partial charge in [-0.15, -0.1) is 0 Å². The van der Waals surface area contributed by atoms with Crippen molar-refractivity contribution in [3.8, 4) is 5.75 Å². The number of hydrazine groups is 1. The molecular weight excluding hydrogens is 369 g/mol. The highest BCUT2D eigenvalue weighted by Crippen LogP contribution is 2.37. The van der Waals surface area contributed by atoms with E-state index in [1.54, 1.807) is 0 Å². The quantitative estimate of drug-likeness (QED) is 0.554. The first kappa shape index (κ1) is 19.8. The third-order valence-electron chi connectivity index (χ3n) is 5.02. The van der Waals surface area contributed by atoms with Gasteiger partial charge in [-0.3, -0.25) is 34.9 Å². The second kappa shape index (κ2) is 8.81. The number of likely N-dealkylation sites (tertiary alicyclic amines) is 1. The summed E-state index contributed by atoms with van der Waals surface area (Å²) < 4.78 is 17.9. The van der Waals surface area contributed by atoms with E-state index in [0.29, 0.717) is 5.75 Å². The summed E-state index contributed by atoms with van der Waals surface area (Å²) in [7, 11) is 0. The fourth-order valence-corrected chi connectivity index (χ4v) is 3.58. The van der Waals surface area contributed by atoms with Crippen LogP contribution in [0.2, 0.25) is 0 Å². The summed E-state index contributed by atoms with van der Waals surface area (Å²) in [5.41, 5.74) is 4.40. The number of nitrogens with one attached hydrogen (secondary N) is 2. The van der Waals surface area contributed by atoms with Gasteiger partial charge in [0, 0.05) is 13.0 Å². The van der Waals surface area contributed by atoms with Gasteiger partial charge in [0.05, 0.1) is 11.8 Å². The SMILES string of the molecule is O=C(CCN1C(=O)[C@H]2CCCC[C@H]2C1=O)NNC(=O)COc1ccc(F)cc1. The molecule has 1 aromatic rings. The number of amides is 4. The van der Waals surface area contributed by atoms with Crippen molar-refractivity contribution in [3.05, 3.63) is 30.1 Å². The first-order valence-electron chi connectivity index (χ1n) is 9.27. The van der Waals surface area contributed by atoms with Crippen LogP contribution in [0.5, 0.6) is 5.75 Å². The molecule has 0 aromatic heterocycles. The van der Waals surface area contributed by atoms with Gasteiger partial charge in [-0.25, -0.2) is 4.39 Å². The molecule has 1 aliphatic carbocycles. The third kappa shape index (κ3) is 4.65. The highest BCUT2D eigenvalue weighted by Gasteiger charge is 2.47. The predicted molar refractivity (Wildman–Crippen MR) is 95.0 cm³/mol. The molecule has 1 aliphatic heterocycles. The summed E-state index contributed by atoms with van der Waals surface area (Å²) in [6.07, 6.45) is 3.24. The molecule has 1 saturated carbocycles. The molecule has 9 heteroatoms. The molecule has 28 heavy (non-hydrogen) atoms. The highest BCUT2D eigenvalue weighted by molar-refractivity contribution is 6.05. The Morgan fingerprint density at radius 3 is 2.18 bits per heavy atom. The number of hydrogen-bond acceptors (Lipinski definition) is 5. The van der Waals surface area contributed by atoms with Gasteiger partial charge in [0.1, 0.15) is 11.6 Å². The monoisotopic (exact) mass is 391 g/mol. The Bertz CT molecular complexity index is 743. The van der Waals surface area contributed by atoms with E-state index in [4.69, 9.17) is 4.74 Å². The molecule has 0 unspecified atom stereocenters. The first-order chi connectivity index (χ1) is 13.5. The number of benzene rings is 1. The van der Waals surface area contributed by atoms with E-state index in [-0.39, 0.29) is 43.2 Å². The number of imide groups is 1. The molecule has 3 rings (SSSR count). The van der Waals surface area contributed by atoms with Crippen LogP contribution in [0.1, 0.15) is 32.1 Å². The van der Waals surface area contributed by atoms with Gasteiger partial charge in [-0.05, 0) is 37.1 Å². The number of ether oxygens (including phenoxy) is 1. The Balaban J connectivity index is 1.37. The topological polar surface area (TPSA) is 105 Å². The van der Waals surface area contributed by atoms with Crippen molar-refractivity contribution in [1.82, 2.24) is 15.8 Å². The lowest BCUT2D eigenvalue weighted by Gasteiger charge is -2.19. The number of carbonyl (C=O) groups is 4. The van der Waals surface area contributed by atoms with E-state index >= 15 is 0 Å². The molecule has 0 spiro atoms. The van der Waals surface area contributed by atoms with Crippen molar-refractivity contribution in [1.29, 1.82) is 0 Å². The lowest BCUT2D eigenvalue weighted by atomic mass is 9.81. The molecule has 2 N–H and O–H groups in total. The van der Waals surface area contributed by atoms with Crippen LogP contribution in [0.3, 0.4) is 0 Å². The molecule has 0 radical (unpaired) electrons. The summed E-state index contributed by atoms with van der Waals surface area (Å²) >= 11 is 0. The summed E-state index contributed by atoms with van der Waals surface area (Å²) in [5.74, 6) is -2.10. The maximum Gasteiger partial charge on any atom is 0.276 e. The average Bonchev–Trinajstić information content (AvgIpc) is 2.95. The summed E-state index contributed by atoms with van der Waals surface area (Å²) in [4.78, 5) is 49.4. The minimum atomic E-state index is -0.600. The summed E-state index contributed by atoms with van der Waals surface area (Å²) in [5, 5.41) is 0. The average molecular weight is 391 g/mol. The standard InChI is InChI=1S/C19H22FN3O5/c20-12-5-7-13(8-6-12)28-11-17(25)22-21-16(24)9-10-23-18(26)14-3-1-2-4-15(14)19(23)27/h5-8,14-15H,1-4,9-11H2,(H,21,24)(H,22,25)/t14-,15+. The molecule has 1 heterocycles. The Morgan fingerprint density at radius 2 is 1.57 bits per heavy atom. The van der Waals surface area contributed by atoms with Gasteiger partial charge in [-0.2, -0.15) is 0 Å². The van der Waals surface area contributed by atoms with Crippen LogP contribution >= 0.6 is 0 Å². The number of halogens is 1. The maximum atomic E-state index is 12.8. The molecule has 1 saturated heterocycles. The van der Waals surface area contributed by atoms with Gasteiger partial charge in [0.15, 0.2) is 6.61 Å². The number of hydrogen-bond donors (Lipinski definition) is 2. The molecule has 2 atom stereocenters. The molecule has 2 aliphatic rings. The normalized spacial score (nSPS) is 21.2. The van der Waals surface area contributed by atoms with E-state index < -0.39 is 17.6 Å². The van der Waals surface area contributed by atoms with Crippen molar-refractivity contribution in [2.75, 3.05) is 13.2 Å². The van der Waals surface area contributed by atoms with Crippen molar-refractivity contribution in [2.24, 2.45) is 11.8 Å². The third-order valence-corrected chi connectivity index (χ3v) is 5.02. The number of carbonyl (C=O) groups excluding carboxylic acids is 4. The summed E-state index contributed by atoms with van der Waals surface area (Å²) in [6.45, 7) is -0.364. The molecule has 150 valence electrons. The van der Waals surface area contributed by atoms with Crippen molar-refractivity contribution >= 4 is 23.6 Å². The Kier molecular flexibility index (Phi) is 6.23. The Labute approximate surface area is 161 Å². The lowest BCUT2D eigenvalue weighted by molar-refractivity contribution is -0.140. The minimum absolute atomic E-state index is 0.00154. The first-order valence-corrected chi connectivity index (χ1v) is 9.27. The van der Waals surface area contributed by atoms with Gasteiger partial charge >= 0.3 is 0 Å². The molecule has 1 aromatic carbocycles. The van der Waals surface area contributed by atoms with E-state index in [1.165, 1.54) is 29.2 Å². The lowest BCUT2D eigenvalue weighted by Crippen LogP contribution is -2.45. The van der Waals surface area contributed by atoms with E-state index in [9.17, 15) is 23.6 Å². The van der Waals surface area contributed by atoms with E-state index in [1.807, 2.05) is 0 Å². The Morgan fingerprint density at radius 1 is 1.00 bits per heavy atom. The number of nitrogens with zero attached hydrogens (tertiary/aromatic N) is 1. The zero-order valence-electron chi connectivity index (χ0n) is 15.3. The molecule has 0 bridgehead atoms. The predicted octanol–water partition coefficient (Wildman–Crippen LogP) is 0.917. The zero-order chi connectivity index (χ0) is 20.1. The second-order valence-corrected chi connectivity index (χ2v) is 6.91. The van der Waals surface area contributed by atoms with Crippen LogP contribution in [0.15, 0.2) is 24.3 Å². The van der Waals surface area contributed by atoms with Gasteiger partial charge in [-0.1, -0.05) is 12.8 Å². The van der Waals surface area contributed by atoms with Gasteiger partial charge in [0.2, 0.25) is 17.7 Å².